The molecule has 2 aromatic carbocycles. The predicted octanol–water partition coefficient (Wildman–Crippen LogP) is 4.13. The zero-order valence-corrected chi connectivity index (χ0v) is 16.0. The van der Waals surface area contributed by atoms with Gasteiger partial charge in [0, 0.05) is 31.1 Å². The number of aromatic nitrogens is 1. The number of non-ortho nitro benzene ring substituents is 2. The van der Waals surface area contributed by atoms with Crippen LogP contribution in [0.15, 0.2) is 42.5 Å². The van der Waals surface area contributed by atoms with Crippen molar-refractivity contribution in [1.29, 1.82) is 0 Å². The second kappa shape index (κ2) is 7.55. The van der Waals surface area contributed by atoms with Crippen molar-refractivity contribution in [1.82, 2.24) is 9.88 Å². The number of hydrogen-bond acceptors (Lipinski definition) is 7. The van der Waals surface area contributed by atoms with Crippen LogP contribution in [0.1, 0.15) is 34.1 Å². The Balaban J connectivity index is 1.50. The molecule has 0 radical (unpaired) electrons. The van der Waals surface area contributed by atoms with Gasteiger partial charge in [-0.1, -0.05) is 12.1 Å². The summed E-state index contributed by atoms with van der Waals surface area (Å²) < 4.78 is 1.13. The van der Waals surface area contributed by atoms with Crippen LogP contribution in [0.25, 0.3) is 10.2 Å². The number of piperidine rings is 1. The smallest absolute Gasteiger partial charge is 0.277 e. The number of benzene rings is 2. The maximum absolute atomic E-state index is 12.8. The Labute approximate surface area is 168 Å². The molecular formula is C19H16N4O5S. The molecule has 1 aliphatic heterocycles. The first-order valence-corrected chi connectivity index (χ1v) is 9.82. The van der Waals surface area contributed by atoms with Gasteiger partial charge in [-0.3, -0.25) is 25.0 Å². The summed E-state index contributed by atoms with van der Waals surface area (Å²) in [5.74, 6) is -0.185. The third kappa shape index (κ3) is 3.79. The van der Waals surface area contributed by atoms with Gasteiger partial charge in [0.1, 0.15) is 0 Å². The van der Waals surface area contributed by atoms with Crippen LogP contribution in [0.5, 0.6) is 0 Å². The predicted molar refractivity (Wildman–Crippen MR) is 107 cm³/mol. The Bertz CT molecular complexity index is 1060. The first-order chi connectivity index (χ1) is 13.9. The van der Waals surface area contributed by atoms with Gasteiger partial charge in [0.25, 0.3) is 17.3 Å². The van der Waals surface area contributed by atoms with Gasteiger partial charge in [0.05, 0.1) is 36.7 Å². The van der Waals surface area contributed by atoms with E-state index in [1.807, 2.05) is 24.3 Å². The van der Waals surface area contributed by atoms with Gasteiger partial charge in [-0.25, -0.2) is 4.98 Å². The van der Waals surface area contributed by atoms with Crippen LogP contribution in [0.3, 0.4) is 0 Å². The van der Waals surface area contributed by atoms with Crippen molar-refractivity contribution < 1.29 is 14.6 Å². The number of nitrogens with zero attached hydrogens (tertiary/aromatic N) is 4. The maximum atomic E-state index is 12.8. The number of fused-ring (bicyclic) bond motifs is 1. The highest BCUT2D eigenvalue weighted by Gasteiger charge is 2.28. The Morgan fingerprint density at radius 2 is 1.66 bits per heavy atom. The molecule has 1 saturated heterocycles. The van der Waals surface area contributed by atoms with E-state index < -0.39 is 27.1 Å². The van der Waals surface area contributed by atoms with Crippen molar-refractivity contribution in [2.24, 2.45) is 0 Å². The monoisotopic (exact) mass is 412 g/mol. The van der Waals surface area contributed by atoms with Gasteiger partial charge in [-0.2, -0.15) is 0 Å². The van der Waals surface area contributed by atoms with Crippen LogP contribution in [-0.2, 0) is 0 Å². The molecule has 1 amide bonds. The molecule has 4 rings (SSSR count). The van der Waals surface area contributed by atoms with E-state index in [4.69, 9.17) is 4.98 Å². The number of nitro groups is 2. The zero-order valence-electron chi connectivity index (χ0n) is 15.2. The maximum Gasteiger partial charge on any atom is 0.277 e. The minimum atomic E-state index is -0.733. The van der Waals surface area contributed by atoms with Gasteiger partial charge >= 0.3 is 0 Å². The first-order valence-electron chi connectivity index (χ1n) is 9.01. The number of para-hydroxylation sites is 1. The van der Waals surface area contributed by atoms with E-state index in [0.717, 1.165) is 46.3 Å². The van der Waals surface area contributed by atoms with E-state index in [0.29, 0.717) is 13.1 Å². The van der Waals surface area contributed by atoms with Crippen molar-refractivity contribution >= 4 is 38.8 Å². The molecule has 0 atom stereocenters. The fraction of sp³-hybridized carbons (Fsp3) is 0.263. The van der Waals surface area contributed by atoms with Crippen LogP contribution < -0.4 is 0 Å². The van der Waals surface area contributed by atoms with Crippen LogP contribution in [0.2, 0.25) is 0 Å². The van der Waals surface area contributed by atoms with E-state index >= 15 is 0 Å². The fourth-order valence-corrected chi connectivity index (χ4v) is 4.64. The summed E-state index contributed by atoms with van der Waals surface area (Å²) in [6, 6.07) is 11.0. The molecule has 0 spiro atoms. The Morgan fingerprint density at radius 1 is 1.03 bits per heavy atom. The van der Waals surface area contributed by atoms with Gasteiger partial charge in [-0.05, 0) is 25.0 Å². The summed E-state index contributed by atoms with van der Waals surface area (Å²) in [4.78, 5) is 39.7. The van der Waals surface area contributed by atoms with Gasteiger partial charge in [0.2, 0.25) is 0 Å². The number of amides is 1. The number of nitro benzene ring substituents is 2. The highest BCUT2D eigenvalue weighted by Crippen LogP contribution is 2.34. The number of hydrogen-bond donors (Lipinski definition) is 0. The third-order valence-electron chi connectivity index (χ3n) is 5.01. The average Bonchev–Trinajstić information content (AvgIpc) is 3.17. The van der Waals surface area contributed by atoms with Gasteiger partial charge in [0.15, 0.2) is 0 Å². The van der Waals surface area contributed by atoms with Crippen LogP contribution in [0, 0.1) is 20.2 Å². The largest absolute Gasteiger partial charge is 0.339 e. The molecule has 1 fully saturated rings. The summed E-state index contributed by atoms with van der Waals surface area (Å²) >= 11 is 1.66. The fourth-order valence-electron chi connectivity index (χ4n) is 3.51. The molecule has 0 aliphatic carbocycles. The van der Waals surface area contributed by atoms with E-state index in [-0.39, 0.29) is 11.5 Å². The van der Waals surface area contributed by atoms with Gasteiger partial charge in [-0.15, -0.1) is 11.3 Å². The van der Waals surface area contributed by atoms with Crippen molar-refractivity contribution in [2.45, 2.75) is 18.8 Å². The summed E-state index contributed by atoms with van der Waals surface area (Å²) in [6.07, 6.45) is 1.45. The van der Waals surface area contributed by atoms with Crippen molar-refractivity contribution in [2.75, 3.05) is 13.1 Å². The number of rotatable bonds is 4. The molecule has 1 aromatic heterocycles. The highest BCUT2D eigenvalue weighted by atomic mass is 32.1. The van der Waals surface area contributed by atoms with Crippen LogP contribution in [-0.4, -0.2) is 38.7 Å². The van der Waals surface area contributed by atoms with Crippen molar-refractivity contribution in [3.05, 3.63) is 73.3 Å². The molecule has 10 heteroatoms. The van der Waals surface area contributed by atoms with E-state index in [1.54, 1.807) is 16.2 Å². The molecule has 148 valence electrons. The lowest BCUT2D eigenvalue weighted by Crippen LogP contribution is -2.38. The highest BCUT2D eigenvalue weighted by molar-refractivity contribution is 7.18. The lowest BCUT2D eigenvalue weighted by molar-refractivity contribution is -0.394. The average molecular weight is 412 g/mol. The standard InChI is InChI=1S/C19H16N4O5S/c24-19(13-9-14(22(25)26)11-15(10-13)23(27)28)21-7-5-12(6-8-21)18-20-16-3-1-2-4-17(16)29-18/h1-4,9-12H,5-8H2. The normalized spacial score (nSPS) is 14.8. The summed E-state index contributed by atoms with van der Waals surface area (Å²) in [5, 5.41) is 23.2. The zero-order chi connectivity index (χ0) is 20.5. The third-order valence-corrected chi connectivity index (χ3v) is 6.21. The first kappa shape index (κ1) is 18.9. The van der Waals surface area contributed by atoms with Gasteiger partial charge < -0.3 is 4.90 Å². The SMILES string of the molecule is O=C(c1cc([N+](=O)[O-])cc([N+](=O)[O-])c1)N1CCC(c2nc3ccccc3s2)CC1. The summed E-state index contributed by atoms with van der Waals surface area (Å²) in [5.41, 5.74) is -0.00179. The van der Waals surface area contributed by atoms with E-state index in [1.165, 1.54) is 0 Å². The molecule has 0 saturated carbocycles. The lowest BCUT2D eigenvalue weighted by atomic mass is 9.97. The molecule has 0 bridgehead atoms. The number of likely N-dealkylation sites (tertiary alicyclic amines) is 1. The molecule has 3 aromatic rings. The van der Waals surface area contributed by atoms with E-state index in [2.05, 4.69) is 0 Å². The van der Waals surface area contributed by atoms with E-state index in [9.17, 15) is 25.0 Å². The summed E-state index contributed by atoms with van der Waals surface area (Å²) in [6.45, 7) is 0.936. The van der Waals surface area contributed by atoms with Crippen LogP contribution in [0.4, 0.5) is 11.4 Å². The minimum absolute atomic E-state index is 0.0377. The molecule has 1 aliphatic rings. The minimum Gasteiger partial charge on any atom is -0.339 e. The molecule has 29 heavy (non-hydrogen) atoms. The number of thiazole rings is 1. The topological polar surface area (TPSA) is 119 Å². The molecule has 2 heterocycles. The quantitative estimate of drug-likeness (QED) is 0.469. The van der Waals surface area contributed by atoms with Crippen molar-refractivity contribution in [3.63, 3.8) is 0 Å². The number of carbonyl (C=O) groups is 1. The Hall–Kier alpha value is -3.40. The molecule has 0 unspecified atom stereocenters. The second-order valence-corrected chi connectivity index (χ2v) is 7.90. The number of carbonyl (C=O) groups excluding carboxylic acids is 1. The lowest BCUT2D eigenvalue weighted by Gasteiger charge is -2.31. The second-order valence-electron chi connectivity index (χ2n) is 6.84. The molecule has 0 N–H and O–H groups in total. The van der Waals surface area contributed by atoms with Crippen molar-refractivity contribution in [3.8, 4) is 0 Å². The van der Waals surface area contributed by atoms with Crippen LogP contribution >= 0.6 is 11.3 Å². The summed E-state index contributed by atoms with van der Waals surface area (Å²) in [7, 11) is 0. The molecule has 9 nitrogen and oxygen atoms in total. The molecular weight excluding hydrogens is 396 g/mol. The Morgan fingerprint density at radius 3 is 2.24 bits per heavy atom. The Kier molecular flexibility index (Phi) is 4.93.